The van der Waals surface area contributed by atoms with Crippen LogP contribution in [-0.4, -0.2) is 14.5 Å². The van der Waals surface area contributed by atoms with Crippen LogP contribution in [0.2, 0.25) is 0 Å². The fraction of sp³-hybridized carbons (Fsp3) is 0. The largest absolute Gasteiger partial charge is 0.309 e. The molecule has 10 aromatic carbocycles. The first-order valence-electron chi connectivity index (χ1n) is 20.1. The Morgan fingerprint density at radius 1 is 0.271 bits per heavy atom. The lowest BCUT2D eigenvalue weighted by Crippen LogP contribution is -1.92. The van der Waals surface area contributed by atoms with Gasteiger partial charge in [0.2, 0.25) is 0 Å². The van der Waals surface area contributed by atoms with E-state index in [9.17, 15) is 0 Å². The molecule has 0 saturated carbocycles. The second kappa shape index (κ2) is 13.4. The fourth-order valence-corrected chi connectivity index (χ4v) is 9.16. The van der Waals surface area contributed by atoms with E-state index in [0.717, 1.165) is 27.4 Å². The zero-order valence-corrected chi connectivity index (χ0v) is 32.0. The lowest BCUT2D eigenvalue weighted by molar-refractivity contribution is 1.18. The number of hydrogen-bond donors (Lipinski definition) is 0. The first-order valence-corrected chi connectivity index (χ1v) is 20.1. The molecule has 0 radical (unpaired) electrons. The van der Waals surface area contributed by atoms with E-state index in [-0.39, 0.29) is 0 Å². The van der Waals surface area contributed by atoms with Gasteiger partial charge in [0.25, 0.3) is 0 Å². The Morgan fingerprint density at radius 3 is 1.47 bits per heavy atom. The second-order valence-electron chi connectivity index (χ2n) is 15.4. The summed E-state index contributed by atoms with van der Waals surface area (Å²) in [5.74, 6) is 0. The quantitative estimate of drug-likeness (QED) is 0.164. The molecule has 0 aliphatic heterocycles. The van der Waals surface area contributed by atoms with Crippen LogP contribution in [0.15, 0.2) is 213 Å². The summed E-state index contributed by atoms with van der Waals surface area (Å²) in [4.78, 5) is 9.53. The van der Waals surface area contributed by atoms with Crippen molar-refractivity contribution < 1.29 is 0 Å². The minimum Gasteiger partial charge on any atom is -0.309 e. The summed E-state index contributed by atoms with van der Waals surface area (Å²) >= 11 is 0. The molecule has 0 bridgehead atoms. The molecule has 12 aromatic rings. The van der Waals surface area contributed by atoms with E-state index in [0.29, 0.717) is 0 Å². The van der Waals surface area contributed by atoms with Gasteiger partial charge in [0.1, 0.15) is 0 Å². The maximum Gasteiger partial charge on any atom is 0.0971 e. The summed E-state index contributed by atoms with van der Waals surface area (Å²) < 4.78 is 2.36. The molecule has 59 heavy (non-hydrogen) atoms. The lowest BCUT2D eigenvalue weighted by Gasteiger charge is -2.12. The molecule has 0 aliphatic carbocycles. The molecule has 0 unspecified atom stereocenters. The van der Waals surface area contributed by atoms with Crippen LogP contribution in [0.3, 0.4) is 0 Å². The van der Waals surface area contributed by atoms with Gasteiger partial charge in [0.15, 0.2) is 0 Å². The molecule has 0 aliphatic rings. The van der Waals surface area contributed by atoms with Gasteiger partial charge in [-0.15, -0.1) is 0 Å². The molecule has 0 N–H and O–H groups in total. The minimum absolute atomic E-state index is 0.936. The Labute approximate surface area is 341 Å². The topological polar surface area (TPSA) is 30.7 Å². The van der Waals surface area contributed by atoms with Crippen LogP contribution >= 0.6 is 0 Å². The van der Waals surface area contributed by atoms with Crippen molar-refractivity contribution >= 4 is 65.2 Å². The molecule has 2 heterocycles. The van der Waals surface area contributed by atoms with Gasteiger partial charge in [-0.3, -0.25) is 9.97 Å². The number of aromatic nitrogens is 3. The Hall–Kier alpha value is -7.88. The van der Waals surface area contributed by atoms with Crippen molar-refractivity contribution in [3.63, 3.8) is 0 Å². The van der Waals surface area contributed by atoms with E-state index in [2.05, 4.69) is 205 Å². The second-order valence-corrected chi connectivity index (χ2v) is 15.4. The zero-order valence-electron chi connectivity index (χ0n) is 32.0. The lowest BCUT2D eigenvalue weighted by atomic mass is 9.93. The molecule has 0 saturated heterocycles. The standard InChI is InChI=1S/C56H35N3/c1-2-11-46(12-3-1)59-53-16-7-6-14-49(53)51-34-44(26-28-54(51)59)37-19-17-36(18-20-37)40-21-22-43-33-41(23-24-42(43)32-40)38-9-8-10-39(31-38)45-25-27-48-47-13-4-5-15-50(47)55-56(52(48)35-45)58-30-29-57-55/h1-35H. The first-order chi connectivity index (χ1) is 29.2. The molecular formula is C56H35N3. The Balaban J connectivity index is 0.842. The van der Waals surface area contributed by atoms with Crippen molar-refractivity contribution in [3.05, 3.63) is 213 Å². The smallest absolute Gasteiger partial charge is 0.0971 e. The SMILES string of the molecule is c1ccc(-n2c3ccccc3c3cc(-c4ccc(-c5ccc6cc(-c7cccc(-c8ccc9c%10ccccc%10c%10nccnc%10c9c8)c7)ccc6c5)cc4)ccc32)cc1. The Morgan fingerprint density at radius 2 is 0.746 bits per heavy atom. The van der Waals surface area contributed by atoms with Crippen molar-refractivity contribution in [1.82, 2.24) is 14.5 Å². The number of rotatable bonds is 5. The average molecular weight is 750 g/mol. The fourth-order valence-electron chi connectivity index (χ4n) is 9.16. The van der Waals surface area contributed by atoms with Crippen molar-refractivity contribution in [1.29, 1.82) is 0 Å². The van der Waals surface area contributed by atoms with Crippen LogP contribution in [0, 0.1) is 0 Å². The van der Waals surface area contributed by atoms with Gasteiger partial charge < -0.3 is 4.57 Å². The van der Waals surface area contributed by atoms with Crippen LogP contribution in [-0.2, 0) is 0 Å². The number of para-hydroxylation sites is 2. The highest BCUT2D eigenvalue weighted by Crippen LogP contribution is 2.38. The predicted molar refractivity (Wildman–Crippen MR) is 248 cm³/mol. The molecular weight excluding hydrogens is 715 g/mol. The van der Waals surface area contributed by atoms with Gasteiger partial charge in [-0.2, -0.15) is 0 Å². The highest BCUT2D eigenvalue weighted by atomic mass is 15.0. The van der Waals surface area contributed by atoms with Crippen LogP contribution < -0.4 is 0 Å². The summed E-state index contributed by atoms with van der Waals surface area (Å²) in [6.07, 6.45) is 3.57. The first kappa shape index (κ1) is 33.3. The van der Waals surface area contributed by atoms with E-state index >= 15 is 0 Å². The van der Waals surface area contributed by atoms with Crippen molar-refractivity contribution in [2.24, 2.45) is 0 Å². The molecule has 0 spiro atoms. The third kappa shape index (κ3) is 5.51. The maximum absolute atomic E-state index is 4.79. The number of hydrogen-bond acceptors (Lipinski definition) is 2. The van der Waals surface area contributed by atoms with Crippen LogP contribution in [0.1, 0.15) is 0 Å². The third-order valence-corrected chi connectivity index (χ3v) is 12.1. The van der Waals surface area contributed by atoms with E-state index in [1.807, 2.05) is 0 Å². The molecule has 12 rings (SSSR count). The molecule has 0 fully saturated rings. The summed E-state index contributed by atoms with van der Waals surface area (Å²) in [5.41, 5.74) is 15.0. The summed E-state index contributed by atoms with van der Waals surface area (Å²) in [6, 6.07) is 72.9. The van der Waals surface area contributed by atoms with E-state index < -0.39 is 0 Å². The zero-order chi connectivity index (χ0) is 38.9. The van der Waals surface area contributed by atoms with Gasteiger partial charge >= 0.3 is 0 Å². The van der Waals surface area contributed by atoms with E-state index in [1.54, 1.807) is 12.4 Å². The van der Waals surface area contributed by atoms with E-state index in [1.165, 1.54) is 88.0 Å². The van der Waals surface area contributed by atoms with Gasteiger partial charge in [0.05, 0.1) is 22.1 Å². The normalized spacial score (nSPS) is 11.7. The predicted octanol–water partition coefficient (Wildman–Crippen LogP) is 14.9. The third-order valence-electron chi connectivity index (χ3n) is 12.1. The van der Waals surface area contributed by atoms with Crippen molar-refractivity contribution in [2.75, 3.05) is 0 Å². The Bertz CT molecular complexity index is 3570. The highest BCUT2D eigenvalue weighted by molar-refractivity contribution is 6.23. The number of fused-ring (bicyclic) bond motifs is 10. The molecule has 0 amide bonds. The molecule has 0 atom stereocenters. The molecule has 274 valence electrons. The average Bonchev–Trinajstić information content (AvgIpc) is 3.65. The molecule has 3 heteroatoms. The van der Waals surface area contributed by atoms with Crippen LogP contribution in [0.5, 0.6) is 0 Å². The van der Waals surface area contributed by atoms with Crippen molar-refractivity contribution in [3.8, 4) is 50.2 Å². The summed E-state index contributed by atoms with van der Waals surface area (Å²) in [6.45, 7) is 0. The van der Waals surface area contributed by atoms with Gasteiger partial charge in [-0.25, -0.2) is 0 Å². The summed E-state index contributed by atoms with van der Waals surface area (Å²) in [7, 11) is 0. The highest BCUT2D eigenvalue weighted by Gasteiger charge is 2.15. The van der Waals surface area contributed by atoms with Crippen LogP contribution in [0.4, 0.5) is 0 Å². The maximum atomic E-state index is 4.79. The minimum atomic E-state index is 0.936. The molecule has 2 aromatic heterocycles. The van der Waals surface area contributed by atoms with Gasteiger partial charge in [0, 0.05) is 39.6 Å². The monoisotopic (exact) mass is 749 g/mol. The van der Waals surface area contributed by atoms with Gasteiger partial charge in [-0.05, 0) is 121 Å². The van der Waals surface area contributed by atoms with Crippen molar-refractivity contribution in [2.45, 2.75) is 0 Å². The molecule has 3 nitrogen and oxygen atoms in total. The number of nitrogens with zero attached hydrogens (tertiary/aromatic N) is 3. The van der Waals surface area contributed by atoms with E-state index in [4.69, 9.17) is 9.97 Å². The number of benzene rings is 10. The summed E-state index contributed by atoms with van der Waals surface area (Å²) in [5, 5.41) is 9.62. The van der Waals surface area contributed by atoms with Gasteiger partial charge in [-0.1, -0.05) is 146 Å². The Kier molecular flexibility index (Phi) is 7.54. The van der Waals surface area contributed by atoms with Crippen LogP contribution in [0.25, 0.3) is 115 Å².